The topological polar surface area (TPSA) is 30.0 Å². The van der Waals surface area contributed by atoms with Gasteiger partial charge < -0.3 is 0 Å². The summed E-state index contributed by atoms with van der Waals surface area (Å²) in [5, 5.41) is 0.949. The lowest BCUT2D eigenvalue weighted by atomic mass is 10.4. The molecule has 2 aromatic heterocycles. The van der Waals surface area contributed by atoms with Crippen molar-refractivity contribution < 1.29 is 4.79 Å². The molecule has 0 aromatic carbocycles. The second-order valence-corrected chi connectivity index (χ2v) is 5.40. The van der Waals surface area contributed by atoms with Gasteiger partial charge in [-0.25, -0.2) is 4.98 Å². The number of thiophene rings is 1. The van der Waals surface area contributed by atoms with E-state index in [1.165, 1.54) is 16.2 Å². The quantitative estimate of drug-likeness (QED) is 0.763. The van der Waals surface area contributed by atoms with Crippen molar-refractivity contribution in [1.29, 1.82) is 0 Å². The molecule has 0 bridgehead atoms. The van der Waals surface area contributed by atoms with Crippen molar-refractivity contribution in [1.82, 2.24) is 4.98 Å². The molecule has 0 saturated heterocycles. The molecule has 0 N–H and O–H groups in total. The maximum atomic E-state index is 11.1. The minimum absolute atomic E-state index is 0.0889. The molecule has 0 aliphatic rings. The third-order valence-corrected chi connectivity index (χ3v) is 4.57. The first-order chi connectivity index (χ1) is 7.20. The van der Waals surface area contributed by atoms with E-state index in [1.807, 2.05) is 0 Å². The summed E-state index contributed by atoms with van der Waals surface area (Å²) in [6.07, 6.45) is 2.71. The first-order valence-corrected chi connectivity index (χ1v) is 6.40. The molecule has 0 atom stereocenters. The molecule has 0 aliphatic carbocycles. The van der Waals surface area contributed by atoms with Crippen LogP contribution in [0, 0.1) is 0 Å². The third kappa shape index (κ3) is 2.16. The molecule has 2 rings (SSSR count). The van der Waals surface area contributed by atoms with Crippen molar-refractivity contribution in [2.45, 2.75) is 20.3 Å². The van der Waals surface area contributed by atoms with Crippen LogP contribution in [-0.4, -0.2) is 10.8 Å². The van der Waals surface area contributed by atoms with Crippen LogP contribution in [0.5, 0.6) is 0 Å². The van der Waals surface area contributed by atoms with Crippen molar-refractivity contribution in [3.63, 3.8) is 0 Å². The average molecular weight is 237 g/mol. The number of thiazole rings is 1. The van der Waals surface area contributed by atoms with Crippen LogP contribution in [0.4, 0.5) is 0 Å². The van der Waals surface area contributed by atoms with E-state index in [0.717, 1.165) is 21.2 Å². The minimum Gasteiger partial charge on any atom is -0.294 e. The Morgan fingerprint density at radius 3 is 2.73 bits per heavy atom. The van der Waals surface area contributed by atoms with E-state index in [4.69, 9.17) is 0 Å². The van der Waals surface area contributed by atoms with E-state index in [2.05, 4.69) is 24.0 Å². The Morgan fingerprint density at radius 1 is 1.40 bits per heavy atom. The van der Waals surface area contributed by atoms with Crippen molar-refractivity contribution in [2.75, 3.05) is 0 Å². The number of carbonyl (C=O) groups excluding carboxylic acids is 1. The fourth-order valence-electron chi connectivity index (χ4n) is 1.23. The van der Waals surface area contributed by atoms with Gasteiger partial charge in [-0.15, -0.1) is 22.7 Å². The predicted molar refractivity (Wildman–Crippen MR) is 64.8 cm³/mol. The number of carbonyl (C=O) groups is 1. The van der Waals surface area contributed by atoms with Crippen molar-refractivity contribution in [3.05, 3.63) is 28.1 Å². The number of hydrogen-bond donors (Lipinski definition) is 0. The van der Waals surface area contributed by atoms with Gasteiger partial charge in [0.15, 0.2) is 5.78 Å². The zero-order valence-electron chi connectivity index (χ0n) is 8.61. The largest absolute Gasteiger partial charge is 0.294 e. The highest BCUT2D eigenvalue weighted by Crippen LogP contribution is 2.31. The monoisotopic (exact) mass is 237 g/mol. The molecule has 78 valence electrons. The van der Waals surface area contributed by atoms with Gasteiger partial charge >= 0.3 is 0 Å². The van der Waals surface area contributed by atoms with Crippen LogP contribution in [-0.2, 0) is 6.42 Å². The molecule has 0 unspecified atom stereocenters. The van der Waals surface area contributed by atoms with Gasteiger partial charge in [-0.1, -0.05) is 6.92 Å². The van der Waals surface area contributed by atoms with Crippen LogP contribution >= 0.6 is 22.7 Å². The number of nitrogens with zero attached hydrogens (tertiary/aromatic N) is 1. The molecule has 0 fully saturated rings. The summed E-state index contributed by atoms with van der Waals surface area (Å²) in [6, 6.07) is 4.20. The van der Waals surface area contributed by atoms with Gasteiger partial charge in [0, 0.05) is 18.0 Å². The molecular formula is C11H11NOS2. The molecule has 2 nitrogen and oxygen atoms in total. The second-order valence-electron chi connectivity index (χ2n) is 3.21. The van der Waals surface area contributed by atoms with Gasteiger partial charge in [0.1, 0.15) is 5.01 Å². The first-order valence-electron chi connectivity index (χ1n) is 4.76. The number of hydrogen-bond acceptors (Lipinski definition) is 4. The fourth-order valence-corrected chi connectivity index (χ4v) is 3.05. The normalized spacial score (nSPS) is 10.5. The van der Waals surface area contributed by atoms with Gasteiger partial charge in [0.2, 0.25) is 0 Å². The lowest BCUT2D eigenvalue weighted by molar-refractivity contribution is 0.102. The van der Waals surface area contributed by atoms with E-state index in [9.17, 15) is 4.79 Å². The van der Waals surface area contributed by atoms with Gasteiger partial charge in [0.05, 0.1) is 9.75 Å². The highest BCUT2D eigenvalue weighted by Gasteiger charge is 2.09. The Balaban J connectivity index is 2.32. The molecule has 0 saturated carbocycles. The zero-order chi connectivity index (χ0) is 10.8. The highest BCUT2D eigenvalue weighted by molar-refractivity contribution is 7.22. The molecule has 2 heterocycles. The van der Waals surface area contributed by atoms with Crippen LogP contribution in [0.1, 0.15) is 28.4 Å². The summed E-state index contributed by atoms with van der Waals surface area (Å²) in [6.45, 7) is 3.71. The Kier molecular flexibility index (Phi) is 2.98. The van der Waals surface area contributed by atoms with Crippen LogP contribution in [0.2, 0.25) is 0 Å². The van der Waals surface area contributed by atoms with Gasteiger partial charge in [0.25, 0.3) is 0 Å². The third-order valence-electron chi connectivity index (χ3n) is 2.07. The molecular weight excluding hydrogens is 226 g/mol. The van der Waals surface area contributed by atoms with Crippen molar-refractivity contribution >= 4 is 28.5 Å². The highest BCUT2D eigenvalue weighted by atomic mass is 32.1. The fraction of sp³-hybridized carbons (Fsp3) is 0.273. The Bertz CT molecular complexity index is 484. The number of aryl methyl sites for hydroxylation is 1. The maximum absolute atomic E-state index is 11.1. The lowest BCUT2D eigenvalue weighted by Gasteiger charge is -1.87. The van der Waals surface area contributed by atoms with Crippen molar-refractivity contribution in [3.8, 4) is 9.88 Å². The number of Topliss-reactive ketones (excluding diaryl/α,β-unsaturated/α-hetero) is 1. The van der Waals surface area contributed by atoms with Crippen LogP contribution in [0.15, 0.2) is 18.3 Å². The summed E-state index contributed by atoms with van der Waals surface area (Å²) < 4.78 is 0. The van der Waals surface area contributed by atoms with Gasteiger partial charge in [-0.05, 0) is 18.6 Å². The summed E-state index contributed by atoms with van der Waals surface area (Å²) in [4.78, 5) is 18.6. The molecule has 2 aromatic rings. The summed E-state index contributed by atoms with van der Waals surface area (Å²) >= 11 is 3.22. The number of aromatic nitrogens is 1. The smallest absolute Gasteiger partial charge is 0.171 e. The number of rotatable bonds is 3. The number of ketones is 1. The van der Waals surface area contributed by atoms with Crippen LogP contribution in [0.25, 0.3) is 9.88 Å². The SMILES string of the molecule is CCc1ccc(-c2ncc(C(C)=O)s2)s1. The summed E-state index contributed by atoms with van der Waals surface area (Å²) in [5.41, 5.74) is 0. The predicted octanol–water partition coefficient (Wildman–Crippen LogP) is 3.64. The molecule has 0 aliphatic heterocycles. The molecule has 4 heteroatoms. The van der Waals surface area contributed by atoms with E-state index in [0.29, 0.717) is 0 Å². The summed E-state index contributed by atoms with van der Waals surface area (Å²) in [5.74, 6) is 0.0889. The van der Waals surface area contributed by atoms with E-state index in [-0.39, 0.29) is 5.78 Å². The second kappa shape index (κ2) is 4.24. The van der Waals surface area contributed by atoms with Crippen LogP contribution in [0.3, 0.4) is 0 Å². The van der Waals surface area contributed by atoms with Crippen molar-refractivity contribution in [2.24, 2.45) is 0 Å². The molecule has 0 amide bonds. The van der Waals surface area contributed by atoms with E-state index in [1.54, 1.807) is 24.5 Å². The maximum Gasteiger partial charge on any atom is 0.171 e. The molecule has 0 spiro atoms. The van der Waals surface area contributed by atoms with Gasteiger partial charge in [-0.3, -0.25) is 4.79 Å². The van der Waals surface area contributed by atoms with E-state index < -0.39 is 0 Å². The Labute approximate surface area is 96.6 Å². The zero-order valence-corrected chi connectivity index (χ0v) is 10.2. The van der Waals surface area contributed by atoms with Gasteiger partial charge in [-0.2, -0.15) is 0 Å². The molecule has 15 heavy (non-hydrogen) atoms. The van der Waals surface area contributed by atoms with E-state index >= 15 is 0 Å². The lowest BCUT2D eigenvalue weighted by Crippen LogP contribution is -1.83. The Hall–Kier alpha value is -1.00. The average Bonchev–Trinajstić information content (AvgIpc) is 2.86. The standard InChI is InChI=1S/C11H11NOS2/c1-3-8-4-5-9(14-8)11-12-6-10(15-11)7(2)13/h4-6H,3H2,1-2H3. The minimum atomic E-state index is 0.0889. The van der Waals surface area contributed by atoms with Crippen LogP contribution < -0.4 is 0 Å². The molecule has 0 radical (unpaired) electrons. The first kappa shape index (κ1) is 10.5. The summed E-state index contributed by atoms with van der Waals surface area (Å²) in [7, 11) is 0. The Morgan fingerprint density at radius 2 is 2.20 bits per heavy atom.